The lowest BCUT2D eigenvalue weighted by Gasteiger charge is -2.08. The fourth-order valence-electron chi connectivity index (χ4n) is 1.83. The zero-order chi connectivity index (χ0) is 14.5. The molecule has 0 saturated heterocycles. The Balaban J connectivity index is 2.05. The van der Waals surface area contributed by atoms with Gasteiger partial charge < -0.3 is 5.32 Å². The molecule has 0 atom stereocenters. The van der Waals surface area contributed by atoms with Crippen molar-refractivity contribution in [2.75, 3.05) is 0 Å². The van der Waals surface area contributed by atoms with E-state index in [9.17, 15) is 8.78 Å². The summed E-state index contributed by atoms with van der Waals surface area (Å²) in [6.45, 7) is 0.596. The molecule has 5 heteroatoms. The van der Waals surface area contributed by atoms with E-state index in [1.165, 1.54) is 24.3 Å². The van der Waals surface area contributed by atoms with E-state index in [0.29, 0.717) is 29.8 Å². The number of halogens is 3. The smallest absolute Gasteiger partial charge is 0.127 e. The summed E-state index contributed by atoms with van der Waals surface area (Å²) in [6, 6.07) is 10.7. The van der Waals surface area contributed by atoms with Crippen LogP contribution in [-0.4, -0.2) is 0 Å². The van der Waals surface area contributed by atoms with Crippen LogP contribution in [-0.2, 0) is 13.1 Å². The fraction of sp³-hybridized carbons (Fsp3) is 0.133. The van der Waals surface area contributed by atoms with Crippen molar-refractivity contribution in [1.29, 1.82) is 5.26 Å². The first-order chi connectivity index (χ1) is 9.60. The topological polar surface area (TPSA) is 35.8 Å². The summed E-state index contributed by atoms with van der Waals surface area (Å²) in [7, 11) is 0. The fourth-order valence-corrected chi connectivity index (χ4v) is 2.24. The van der Waals surface area contributed by atoms with E-state index in [4.69, 9.17) is 5.26 Å². The summed E-state index contributed by atoms with van der Waals surface area (Å²) < 4.78 is 27.5. The third-order valence-corrected chi connectivity index (χ3v) is 3.32. The van der Waals surface area contributed by atoms with E-state index in [2.05, 4.69) is 21.2 Å². The Hall–Kier alpha value is -1.77. The summed E-state index contributed by atoms with van der Waals surface area (Å²) >= 11 is 3.28. The average Bonchev–Trinajstić information content (AvgIpc) is 2.43. The Morgan fingerprint density at radius 1 is 1.05 bits per heavy atom. The third-order valence-electron chi connectivity index (χ3n) is 2.83. The summed E-state index contributed by atoms with van der Waals surface area (Å²) in [5.74, 6) is -0.699. The molecule has 0 spiro atoms. The van der Waals surface area contributed by atoms with Crippen molar-refractivity contribution in [3.8, 4) is 6.07 Å². The molecule has 0 heterocycles. The quantitative estimate of drug-likeness (QED) is 0.919. The van der Waals surface area contributed by atoms with Gasteiger partial charge in [-0.05, 0) is 42.0 Å². The first kappa shape index (κ1) is 14.6. The van der Waals surface area contributed by atoms with Crippen LogP contribution in [0.1, 0.15) is 16.7 Å². The van der Waals surface area contributed by atoms with Gasteiger partial charge in [0.15, 0.2) is 0 Å². The van der Waals surface area contributed by atoms with E-state index in [-0.39, 0.29) is 5.82 Å². The average molecular weight is 337 g/mol. The summed E-state index contributed by atoms with van der Waals surface area (Å²) in [4.78, 5) is 0. The van der Waals surface area contributed by atoms with Crippen LogP contribution in [0.15, 0.2) is 40.9 Å². The highest BCUT2D eigenvalue weighted by atomic mass is 79.9. The molecule has 2 aromatic carbocycles. The lowest BCUT2D eigenvalue weighted by atomic mass is 10.1. The van der Waals surface area contributed by atoms with Crippen LogP contribution < -0.4 is 5.32 Å². The first-order valence-corrected chi connectivity index (χ1v) is 6.72. The van der Waals surface area contributed by atoms with E-state index in [0.717, 1.165) is 4.47 Å². The van der Waals surface area contributed by atoms with Crippen molar-refractivity contribution in [2.45, 2.75) is 13.1 Å². The normalized spacial score (nSPS) is 10.3. The van der Waals surface area contributed by atoms with E-state index < -0.39 is 5.82 Å². The highest BCUT2D eigenvalue weighted by Gasteiger charge is 2.06. The van der Waals surface area contributed by atoms with Gasteiger partial charge in [0.2, 0.25) is 0 Å². The minimum absolute atomic E-state index is 0.298. The first-order valence-electron chi connectivity index (χ1n) is 5.93. The summed E-state index contributed by atoms with van der Waals surface area (Å²) in [6.07, 6.45) is 0. The van der Waals surface area contributed by atoms with Crippen LogP contribution in [0.2, 0.25) is 0 Å². The molecule has 0 aromatic heterocycles. The molecule has 0 aliphatic rings. The monoisotopic (exact) mass is 336 g/mol. The predicted octanol–water partition coefficient (Wildman–Crippen LogP) is 3.89. The van der Waals surface area contributed by atoms with Crippen LogP contribution in [0.5, 0.6) is 0 Å². The second-order valence-corrected chi connectivity index (χ2v) is 5.17. The standard InChI is InChI=1S/C15H11BrF2N2/c16-13-2-4-15(18)12(5-13)9-20-8-11-6-14(17)3-1-10(11)7-19/h1-6,20H,8-9H2. The molecule has 2 aromatic rings. The van der Waals surface area contributed by atoms with Gasteiger partial charge in [0, 0.05) is 23.1 Å². The van der Waals surface area contributed by atoms with Crippen molar-refractivity contribution in [1.82, 2.24) is 5.32 Å². The van der Waals surface area contributed by atoms with Crippen molar-refractivity contribution in [3.05, 3.63) is 69.2 Å². The van der Waals surface area contributed by atoms with Gasteiger partial charge in [0.25, 0.3) is 0 Å². The Morgan fingerprint density at radius 3 is 2.55 bits per heavy atom. The number of nitriles is 1. The number of nitrogens with one attached hydrogen (secondary N) is 1. The number of hydrogen-bond acceptors (Lipinski definition) is 2. The second kappa shape index (κ2) is 6.60. The molecule has 0 aliphatic heterocycles. The number of hydrogen-bond donors (Lipinski definition) is 1. The van der Waals surface area contributed by atoms with E-state index in [1.54, 1.807) is 12.1 Å². The Labute approximate surface area is 124 Å². The number of benzene rings is 2. The zero-order valence-corrected chi connectivity index (χ0v) is 12.0. The van der Waals surface area contributed by atoms with Gasteiger partial charge >= 0.3 is 0 Å². The second-order valence-electron chi connectivity index (χ2n) is 4.25. The van der Waals surface area contributed by atoms with E-state index in [1.807, 2.05) is 6.07 Å². The molecule has 2 rings (SSSR count). The van der Waals surface area contributed by atoms with Gasteiger partial charge in [-0.3, -0.25) is 0 Å². The molecule has 0 bridgehead atoms. The SMILES string of the molecule is N#Cc1ccc(F)cc1CNCc1cc(Br)ccc1F. The van der Waals surface area contributed by atoms with Crippen LogP contribution >= 0.6 is 15.9 Å². The lowest BCUT2D eigenvalue weighted by Crippen LogP contribution is -2.14. The van der Waals surface area contributed by atoms with Gasteiger partial charge in [-0.15, -0.1) is 0 Å². The van der Waals surface area contributed by atoms with Crippen LogP contribution in [0.4, 0.5) is 8.78 Å². The largest absolute Gasteiger partial charge is 0.308 e. The maximum absolute atomic E-state index is 13.5. The minimum Gasteiger partial charge on any atom is -0.308 e. The molecular formula is C15H11BrF2N2. The number of rotatable bonds is 4. The molecule has 0 aliphatic carbocycles. The van der Waals surface area contributed by atoms with Gasteiger partial charge in [-0.25, -0.2) is 8.78 Å². The molecule has 1 N–H and O–H groups in total. The van der Waals surface area contributed by atoms with Gasteiger partial charge in [0.05, 0.1) is 11.6 Å². The minimum atomic E-state index is -0.394. The Kier molecular flexibility index (Phi) is 4.83. The predicted molar refractivity (Wildman–Crippen MR) is 75.8 cm³/mol. The van der Waals surface area contributed by atoms with Gasteiger partial charge in [0.1, 0.15) is 11.6 Å². The maximum Gasteiger partial charge on any atom is 0.127 e. The van der Waals surface area contributed by atoms with Crippen LogP contribution in [0, 0.1) is 23.0 Å². The maximum atomic E-state index is 13.5. The van der Waals surface area contributed by atoms with Crippen molar-refractivity contribution in [3.63, 3.8) is 0 Å². The molecular weight excluding hydrogens is 326 g/mol. The molecule has 0 amide bonds. The van der Waals surface area contributed by atoms with Gasteiger partial charge in [-0.1, -0.05) is 15.9 Å². The van der Waals surface area contributed by atoms with Crippen molar-refractivity contribution >= 4 is 15.9 Å². The van der Waals surface area contributed by atoms with Crippen LogP contribution in [0.3, 0.4) is 0 Å². The summed E-state index contributed by atoms with van der Waals surface area (Å²) in [5, 5.41) is 11.9. The molecule has 0 unspecified atom stereocenters. The molecule has 102 valence electrons. The summed E-state index contributed by atoms with van der Waals surface area (Å²) in [5.41, 5.74) is 1.48. The number of nitrogens with zero attached hydrogens (tertiary/aromatic N) is 1. The molecule has 0 fully saturated rings. The van der Waals surface area contributed by atoms with E-state index >= 15 is 0 Å². The molecule has 0 radical (unpaired) electrons. The molecule has 0 saturated carbocycles. The van der Waals surface area contributed by atoms with Crippen molar-refractivity contribution in [2.24, 2.45) is 0 Å². The van der Waals surface area contributed by atoms with Crippen LogP contribution in [0.25, 0.3) is 0 Å². The highest BCUT2D eigenvalue weighted by molar-refractivity contribution is 9.10. The van der Waals surface area contributed by atoms with Gasteiger partial charge in [-0.2, -0.15) is 5.26 Å². The third kappa shape index (κ3) is 3.62. The Morgan fingerprint density at radius 2 is 1.80 bits per heavy atom. The highest BCUT2D eigenvalue weighted by Crippen LogP contribution is 2.16. The zero-order valence-electron chi connectivity index (χ0n) is 10.5. The Bertz CT molecular complexity index is 665. The molecule has 20 heavy (non-hydrogen) atoms. The lowest BCUT2D eigenvalue weighted by molar-refractivity contribution is 0.585. The molecule has 2 nitrogen and oxygen atoms in total. The van der Waals surface area contributed by atoms with Crippen molar-refractivity contribution < 1.29 is 8.78 Å².